The minimum absolute atomic E-state index is 0.0614. The molecule has 1 fully saturated rings. The summed E-state index contributed by atoms with van der Waals surface area (Å²) in [6.45, 7) is 3.06. The number of piperidine rings is 1. The molecule has 0 unspecified atom stereocenters. The number of anilines is 2. The molecule has 5 heteroatoms. The third-order valence-corrected chi connectivity index (χ3v) is 3.88. The van der Waals surface area contributed by atoms with Crippen molar-refractivity contribution in [1.82, 2.24) is 9.80 Å². The molecule has 1 heterocycles. The number of carbonyl (C=O) groups is 1. The van der Waals surface area contributed by atoms with Crippen molar-refractivity contribution in [2.75, 3.05) is 44.8 Å². The van der Waals surface area contributed by atoms with Crippen LogP contribution < -0.4 is 11.1 Å². The molecule has 0 spiro atoms. The average Bonchev–Trinajstić information content (AvgIpc) is 2.44. The second-order valence-corrected chi connectivity index (χ2v) is 5.68. The van der Waals surface area contributed by atoms with Gasteiger partial charge in [-0.1, -0.05) is 0 Å². The Labute approximate surface area is 120 Å². The van der Waals surface area contributed by atoms with Gasteiger partial charge < -0.3 is 20.9 Å². The standard InChI is InChI=1S/C15H24N4O/c1-18-9-7-12(8-10-18)11-19(2)15(20)17-14-5-3-13(16)4-6-14/h3-6,12H,7-11,16H2,1-2H3,(H,17,20). The van der Waals surface area contributed by atoms with Crippen molar-refractivity contribution >= 4 is 17.4 Å². The molecular weight excluding hydrogens is 252 g/mol. The molecular formula is C15H24N4O. The molecule has 1 aromatic carbocycles. The van der Waals surface area contributed by atoms with E-state index in [2.05, 4.69) is 17.3 Å². The fraction of sp³-hybridized carbons (Fsp3) is 0.533. The molecule has 1 aliphatic heterocycles. The number of nitrogen functional groups attached to an aromatic ring is 1. The number of nitrogens with two attached hydrogens (primary N) is 1. The van der Waals surface area contributed by atoms with E-state index < -0.39 is 0 Å². The first-order valence-electron chi connectivity index (χ1n) is 7.11. The van der Waals surface area contributed by atoms with Crippen LogP contribution in [0.4, 0.5) is 16.2 Å². The molecule has 0 aliphatic carbocycles. The predicted molar refractivity (Wildman–Crippen MR) is 82.7 cm³/mol. The van der Waals surface area contributed by atoms with E-state index >= 15 is 0 Å². The van der Waals surface area contributed by atoms with E-state index in [-0.39, 0.29) is 6.03 Å². The van der Waals surface area contributed by atoms with Crippen molar-refractivity contribution in [2.45, 2.75) is 12.8 Å². The maximum absolute atomic E-state index is 12.1. The number of rotatable bonds is 3. The predicted octanol–water partition coefficient (Wildman–Crippen LogP) is 2.07. The van der Waals surface area contributed by atoms with Gasteiger partial charge in [-0.05, 0) is 63.2 Å². The molecule has 1 aliphatic rings. The molecule has 5 nitrogen and oxygen atoms in total. The Balaban J connectivity index is 1.81. The maximum Gasteiger partial charge on any atom is 0.321 e. The zero-order chi connectivity index (χ0) is 14.5. The van der Waals surface area contributed by atoms with Crippen molar-refractivity contribution in [3.05, 3.63) is 24.3 Å². The molecule has 3 N–H and O–H groups in total. The number of hydrogen-bond donors (Lipinski definition) is 2. The SMILES string of the molecule is CN1CCC(CN(C)C(=O)Nc2ccc(N)cc2)CC1. The van der Waals surface area contributed by atoms with Crippen LogP contribution in [0.25, 0.3) is 0 Å². The van der Waals surface area contributed by atoms with Gasteiger partial charge in [0.05, 0.1) is 0 Å². The van der Waals surface area contributed by atoms with Gasteiger partial charge >= 0.3 is 6.03 Å². The number of benzene rings is 1. The largest absolute Gasteiger partial charge is 0.399 e. The highest BCUT2D eigenvalue weighted by molar-refractivity contribution is 5.89. The molecule has 0 radical (unpaired) electrons. The number of hydrogen-bond acceptors (Lipinski definition) is 3. The maximum atomic E-state index is 12.1. The highest BCUT2D eigenvalue weighted by Gasteiger charge is 2.20. The van der Waals surface area contributed by atoms with Gasteiger partial charge in [-0.25, -0.2) is 4.79 Å². The second kappa shape index (κ2) is 6.61. The van der Waals surface area contributed by atoms with Crippen LogP contribution in [0, 0.1) is 5.92 Å². The van der Waals surface area contributed by atoms with Crippen molar-refractivity contribution in [1.29, 1.82) is 0 Å². The van der Waals surface area contributed by atoms with Crippen LogP contribution in [0.15, 0.2) is 24.3 Å². The van der Waals surface area contributed by atoms with Gasteiger partial charge in [-0.2, -0.15) is 0 Å². The molecule has 2 amide bonds. The quantitative estimate of drug-likeness (QED) is 0.831. The van der Waals surface area contributed by atoms with E-state index in [0.29, 0.717) is 11.6 Å². The Kier molecular flexibility index (Phi) is 4.84. The summed E-state index contributed by atoms with van der Waals surface area (Å²) in [5.41, 5.74) is 7.10. The highest BCUT2D eigenvalue weighted by Crippen LogP contribution is 2.17. The number of likely N-dealkylation sites (tertiary alicyclic amines) is 1. The lowest BCUT2D eigenvalue weighted by atomic mass is 9.97. The van der Waals surface area contributed by atoms with E-state index in [1.54, 1.807) is 17.0 Å². The summed E-state index contributed by atoms with van der Waals surface area (Å²) >= 11 is 0. The van der Waals surface area contributed by atoms with Crippen molar-refractivity contribution in [3.8, 4) is 0 Å². The molecule has 110 valence electrons. The summed E-state index contributed by atoms with van der Waals surface area (Å²) in [6.07, 6.45) is 2.33. The summed E-state index contributed by atoms with van der Waals surface area (Å²) in [7, 11) is 4.00. The fourth-order valence-corrected chi connectivity index (χ4v) is 2.50. The Hall–Kier alpha value is -1.75. The van der Waals surface area contributed by atoms with Crippen LogP contribution in [0.3, 0.4) is 0 Å². The summed E-state index contributed by atoms with van der Waals surface area (Å²) in [5.74, 6) is 0.605. The fourth-order valence-electron chi connectivity index (χ4n) is 2.50. The van der Waals surface area contributed by atoms with Crippen LogP contribution in [0.2, 0.25) is 0 Å². The zero-order valence-corrected chi connectivity index (χ0v) is 12.3. The summed E-state index contributed by atoms with van der Waals surface area (Å²) < 4.78 is 0. The van der Waals surface area contributed by atoms with Gasteiger partial charge in [0, 0.05) is 25.0 Å². The van der Waals surface area contributed by atoms with E-state index in [1.807, 2.05) is 19.2 Å². The van der Waals surface area contributed by atoms with Crippen LogP contribution in [0.1, 0.15) is 12.8 Å². The first-order chi connectivity index (χ1) is 9.54. The van der Waals surface area contributed by atoms with Crippen LogP contribution in [-0.4, -0.2) is 49.6 Å². The van der Waals surface area contributed by atoms with Gasteiger partial charge in [0.1, 0.15) is 0 Å². The Morgan fingerprint density at radius 2 is 1.95 bits per heavy atom. The molecule has 0 bridgehead atoms. The first kappa shape index (κ1) is 14.7. The number of nitrogens with zero attached hydrogens (tertiary/aromatic N) is 2. The Morgan fingerprint density at radius 1 is 1.35 bits per heavy atom. The van der Waals surface area contributed by atoms with Crippen molar-refractivity contribution < 1.29 is 4.79 Å². The van der Waals surface area contributed by atoms with Crippen LogP contribution in [0.5, 0.6) is 0 Å². The topological polar surface area (TPSA) is 61.6 Å². The van der Waals surface area contributed by atoms with Crippen molar-refractivity contribution in [2.24, 2.45) is 5.92 Å². The number of nitrogens with one attached hydrogen (secondary N) is 1. The minimum atomic E-state index is -0.0614. The highest BCUT2D eigenvalue weighted by atomic mass is 16.2. The Morgan fingerprint density at radius 3 is 2.55 bits per heavy atom. The van der Waals surface area contributed by atoms with Gasteiger partial charge in [0.25, 0.3) is 0 Å². The lowest BCUT2D eigenvalue weighted by Crippen LogP contribution is -2.39. The molecule has 1 aromatic rings. The molecule has 0 saturated carbocycles. The van der Waals surface area contributed by atoms with E-state index in [0.717, 1.165) is 38.2 Å². The molecule has 20 heavy (non-hydrogen) atoms. The monoisotopic (exact) mass is 276 g/mol. The second-order valence-electron chi connectivity index (χ2n) is 5.68. The lowest BCUT2D eigenvalue weighted by molar-refractivity contribution is 0.177. The molecule has 2 rings (SSSR count). The third kappa shape index (κ3) is 4.13. The smallest absolute Gasteiger partial charge is 0.321 e. The lowest BCUT2D eigenvalue weighted by Gasteiger charge is -2.31. The molecule has 0 atom stereocenters. The molecule has 1 saturated heterocycles. The normalized spacial score (nSPS) is 16.9. The number of amides is 2. The third-order valence-electron chi connectivity index (χ3n) is 3.88. The minimum Gasteiger partial charge on any atom is -0.399 e. The van der Waals surface area contributed by atoms with Gasteiger partial charge in [0.2, 0.25) is 0 Å². The Bertz CT molecular complexity index is 438. The van der Waals surface area contributed by atoms with E-state index in [4.69, 9.17) is 5.73 Å². The zero-order valence-electron chi connectivity index (χ0n) is 12.3. The number of urea groups is 1. The first-order valence-corrected chi connectivity index (χ1v) is 7.11. The van der Waals surface area contributed by atoms with Gasteiger partial charge in [0.15, 0.2) is 0 Å². The van der Waals surface area contributed by atoms with E-state index in [1.165, 1.54) is 0 Å². The summed E-state index contributed by atoms with van der Waals surface area (Å²) in [4.78, 5) is 16.2. The van der Waals surface area contributed by atoms with Crippen molar-refractivity contribution in [3.63, 3.8) is 0 Å². The van der Waals surface area contributed by atoms with Crippen LogP contribution >= 0.6 is 0 Å². The molecule has 0 aromatic heterocycles. The summed E-state index contributed by atoms with van der Waals surface area (Å²) in [6, 6.07) is 7.14. The van der Waals surface area contributed by atoms with Crippen LogP contribution in [-0.2, 0) is 0 Å². The van der Waals surface area contributed by atoms with Gasteiger partial charge in [-0.3, -0.25) is 0 Å². The summed E-state index contributed by atoms with van der Waals surface area (Å²) in [5, 5.41) is 2.89. The average molecular weight is 276 g/mol. The van der Waals surface area contributed by atoms with E-state index in [9.17, 15) is 4.79 Å². The number of carbonyl (C=O) groups excluding carboxylic acids is 1. The van der Waals surface area contributed by atoms with Gasteiger partial charge in [-0.15, -0.1) is 0 Å².